The van der Waals surface area contributed by atoms with E-state index in [9.17, 15) is 4.79 Å². The second kappa shape index (κ2) is 6.05. The number of nitrogens with zero attached hydrogens (tertiary/aromatic N) is 4. The summed E-state index contributed by atoms with van der Waals surface area (Å²) in [6.45, 7) is 5.06. The fraction of sp³-hybridized carbons (Fsp3) is 0.211. The Kier molecular flexibility index (Phi) is 3.72. The third-order valence-electron chi connectivity index (χ3n) is 4.35. The monoisotopic (exact) mass is 333 g/mol. The van der Waals surface area contributed by atoms with Gasteiger partial charge in [0.05, 0.1) is 11.0 Å². The number of hydrogen-bond acceptors (Lipinski definition) is 3. The lowest BCUT2D eigenvalue weighted by atomic mass is 10.2. The Balaban J connectivity index is 1.96. The van der Waals surface area contributed by atoms with Gasteiger partial charge in [0, 0.05) is 13.1 Å². The van der Waals surface area contributed by atoms with Gasteiger partial charge in [0.1, 0.15) is 11.5 Å². The summed E-state index contributed by atoms with van der Waals surface area (Å²) in [5, 5.41) is 11.2. The van der Waals surface area contributed by atoms with Crippen LogP contribution in [0.4, 0.5) is 0 Å². The number of carbonyl (C=O) groups is 1. The van der Waals surface area contributed by atoms with E-state index in [0.717, 1.165) is 28.1 Å². The van der Waals surface area contributed by atoms with Crippen LogP contribution in [-0.2, 0) is 6.54 Å². The summed E-state index contributed by atoms with van der Waals surface area (Å²) >= 11 is 0. The van der Waals surface area contributed by atoms with Gasteiger partial charge in [-0.3, -0.25) is 9.20 Å². The molecule has 25 heavy (non-hydrogen) atoms. The quantitative estimate of drug-likeness (QED) is 0.624. The maximum Gasteiger partial charge on any atom is 0.268 e. The van der Waals surface area contributed by atoms with E-state index in [1.807, 2.05) is 54.6 Å². The molecule has 3 aromatic heterocycles. The molecule has 1 amide bonds. The zero-order valence-electron chi connectivity index (χ0n) is 14.2. The number of aryl methyl sites for hydroxylation is 1. The second-order valence-corrected chi connectivity index (χ2v) is 6.01. The van der Waals surface area contributed by atoms with Crippen LogP contribution < -0.4 is 5.32 Å². The Morgan fingerprint density at radius 2 is 1.88 bits per heavy atom. The van der Waals surface area contributed by atoms with Gasteiger partial charge in [-0.2, -0.15) is 0 Å². The Morgan fingerprint density at radius 3 is 2.64 bits per heavy atom. The second-order valence-electron chi connectivity index (χ2n) is 6.01. The highest BCUT2D eigenvalue weighted by Crippen LogP contribution is 2.23. The number of hydrogen-bond donors (Lipinski definition) is 1. The van der Waals surface area contributed by atoms with Crippen molar-refractivity contribution in [3.05, 3.63) is 65.6 Å². The molecule has 0 aliphatic rings. The molecule has 4 aromatic rings. The van der Waals surface area contributed by atoms with Crippen molar-refractivity contribution in [1.29, 1.82) is 0 Å². The molecule has 0 fully saturated rings. The van der Waals surface area contributed by atoms with Crippen LogP contribution in [0, 0.1) is 6.92 Å². The van der Waals surface area contributed by atoms with Gasteiger partial charge in [0.15, 0.2) is 5.65 Å². The fourth-order valence-corrected chi connectivity index (χ4v) is 3.22. The summed E-state index contributed by atoms with van der Waals surface area (Å²) < 4.78 is 4.04. The number of amides is 1. The molecule has 0 unspecified atom stereocenters. The van der Waals surface area contributed by atoms with Crippen LogP contribution in [0.5, 0.6) is 0 Å². The smallest absolute Gasteiger partial charge is 0.268 e. The predicted molar refractivity (Wildman–Crippen MR) is 96.8 cm³/mol. The number of aromatic nitrogens is 4. The molecule has 6 nitrogen and oxygen atoms in total. The fourth-order valence-electron chi connectivity index (χ4n) is 3.22. The highest BCUT2D eigenvalue weighted by molar-refractivity contribution is 5.98. The lowest BCUT2D eigenvalue weighted by Crippen LogP contribution is -2.25. The van der Waals surface area contributed by atoms with Crippen LogP contribution in [0.2, 0.25) is 0 Å². The molecule has 3 heterocycles. The van der Waals surface area contributed by atoms with E-state index in [0.29, 0.717) is 18.8 Å². The number of carbonyl (C=O) groups excluding carboxylic acids is 1. The van der Waals surface area contributed by atoms with Crippen LogP contribution >= 0.6 is 0 Å². The Morgan fingerprint density at radius 1 is 1.08 bits per heavy atom. The number of fused-ring (bicyclic) bond motifs is 3. The average Bonchev–Trinajstić information content (AvgIpc) is 3.17. The van der Waals surface area contributed by atoms with E-state index in [1.165, 1.54) is 0 Å². The van der Waals surface area contributed by atoms with E-state index in [-0.39, 0.29) is 5.91 Å². The van der Waals surface area contributed by atoms with Crippen molar-refractivity contribution in [3.8, 4) is 0 Å². The molecule has 4 rings (SSSR count). The lowest BCUT2D eigenvalue weighted by molar-refractivity contribution is 0.0947. The third-order valence-corrected chi connectivity index (χ3v) is 4.35. The van der Waals surface area contributed by atoms with Crippen molar-refractivity contribution in [1.82, 2.24) is 24.5 Å². The normalized spacial score (nSPS) is 11.3. The molecule has 0 aliphatic heterocycles. The van der Waals surface area contributed by atoms with Gasteiger partial charge in [-0.05, 0) is 37.6 Å². The first-order chi connectivity index (χ1) is 12.2. The molecular formula is C19H19N5O. The number of nitrogens with one attached hydrogen (secondary N) is 1. The topological polar surface area (TPSA) is 64.2 Å². The molecule has 0 atom stereocenters. The molecule has 0 spiro atoms. The van der Waals surface area contributed by atoms with Crippen molar-refractivity contribution in [2.24, 2.45) is 0 Å². The summed E-state index contributed by atoms with van der Waals surface area (Å²) in [5.74, 6) is 0.730. The molecule has 126 valence electrons. The summed E-state index contributed by atoms with van der Waals surface area (Å²) in [4.78, 5) is 12.6. The molecule has 0 saturated heterocycles. The van der Waals surface area contributed by atoms with Gasteiger partial charge in [-0.1, -0.05) is 30.3 Å². The highest BCUT2D eigenvalue weighted by Gasteiger charge is 2.18. The van der Waals surface area contributed by atoms with Gasteiger partial charge in [0.2, 0.25) is 0 Å². The predicted octanol–water partition coefficient (Wildman–Crippen LogP) is 2.79. The van der Waals surface area contributed by atoms with Gasteiger partial charge >= 0.3 is 0 Å². The summed E-state index contributed by atoms with van der Waals surface area (Å²) in [6, 6.07) is 16.0. The molecule has 1 aromatic carbocycles. The summed E-state index contributed by atoms with van der Waals surface area (Å²) in [5.41, 5.74) is 4.49. The van der Waals surface area contributed by atoms with Crippen LogP contribution in [0.3, 0.4) is 0 Å². The van der Waals surface area contributed by atoms with Gasteiger partial charge in [0.25, 0.3) is 5.91 Å². The SMILES string of the molecule is CCNC(=O)c1cc2c(ccc3nnc(C)n32)n1Cc1ccccc1. The minimum Gasteiger partial charge on any atom is -0.351 e. The Hall–Kier alpha value is -3.15. The van der Waals surface area contributed by atoms with Crippen LogP contribution in [0.1, 0.15) is 28.8 Å². The van der Waals surface area contributed by atoms with Crippen molar-refractivity contribution < 1.29 is 4.79 Å². The van der Waals surface area contributed by atoms with Crippen LogP contribution in [0.25, 0.3) is 16.7 Å². The van der Waals surface area contributed by atoms with E-state index >= 15 is 0 Å². The lowest BCUT2D eigenvalue weighted by Gasteiger charge is -2.11. The van der Waals surface area contributed by atoms with Gasteiger partial charge in [-0.25, -0.2) is 0 Å². The molecule has 0 aliphatic carbocycles. The van der Waals surface area contributed by atoms with Crippen molar-refractivity contribution in [2.45, 2.75) is 20.4 Å². The standard InChI is InChI=1S/C19H19N5O/c1-3-20-19(25)17-11-16-15(9-10-18-22-21-13(2)24(16)18)23(17)12-14-7-5-4-6-8-14/h4-11H,3,12H2,1-2H3,(H,20,25). The van der Waals surface area contributed by atoms with E-state index in [2.05, 4.69) is 32.2 Å². The number of rotatable bonds is 4. The van der Waals surface area contributed by atoms with E-state index < -0.39 is 0 Å². The molecule has 0 saturated carbocycles. The van der Waals surface area contributed by atoms with Crippen molar-refractivity contribution in [2.75, 3.05) is 6.54 Å². The van der Waals surface area contributed by atoms with Gasteiger partial charge < -0.3 is 9.88 Å². The first kappa shape index (κ1) is 15.4. The maximum atomic E-state index is 12.6. The first-order valence-electron chi connectivity index (χ1n) is 8.35. The van der Waals surface area contributed by atoms with Crippen LogP contribution in [-0.4, -0.2) is 31.6 Å². The highest BCUT2D eigenvalue weighted by atomic mass is 16.1. The largest absolute Gasteiger partial charge is 0.351 e. The molecule has 0 bridgehead atoms. The van der Waals surface area contributed by atoms with Crippen molar-refractivity contribution in [3.63, 3.8) is 0 Å². The van der Waals surface area contributed by atoms with Gasteiger partial charge in [-0.15, -0.1) is 10.2 Å². The summed E-state index contributed by atoms with van der Waals surface area (Å²) in [7, 11) is 0. The summed E-state index contributed by atoms with van der Waals surface area (Å²) in [6.07, 6.45) is 0. The minimum absolute atomic E-state index is 0.0755. The molecule has 1 N–H and O–H groups in total. The zero-order chi connectivity index (χ0) is 17.4. The van der Waals surface area contributed by atoms with Crippen molar-refractivity contribution >= 4 is 22.6 Å². The number of pyridine rings is 1. The van der Waals surface area contributed by atoms with E-state index in [4.69, 9.17) is 0 Å². The molecular weight excluding hydrogens is 314 g/mol. The van der Waals surface area contributed by atoms with E-state index in [1.54, 1.807) is 0 Å². The minimum atomic E-state index is -0.0755. The molecule has 0 radical (unpaired) electrons. The average molecular weight is 333 g/mol. The van der Waals surface area contributed by atoms with Crippen LogP contribution in [0.15, 0.2) is 48.5 Å². The Labute approximate surface area is 145 Å². The Bertz CT molecular complexity index is 1060. The first-order valence-corrected chi connectivity index (χ1v) is 8.35. The third kappa shape index (κ3) is 2.55. The molecule has 6 heteroatoms. The maximum absolute atomic E-state index is 12.6. The number of benzene rings is 1. The zero-order valence-corrected chi connectivity index (χ0v) is 14.2.